The third-order valence-corrected chi connectivity index (χ3v) is 3.35. The normalized spacial score (nSPS) is 24.2. The molecule has 0 bridgehead atoms. The fourth-order valence-corrected chi connectivity index (χ4v) is 2.24. The lowest BCUT2D eigenvalue weighted by molar-refractivity contribution is -0.0718. The van der Waals surface area contributed by atoms with Gasteiger partial charge in [0.15, 0.2) is 0 Å². The second-order valence-corrected chi connectivity index (χ2v) is 6.51. The maximum absolute atomic E-state index is 10.3. The molecule has 0 saturated carbocycles. The van der Waals surface area contributed by atoms with Crippen molar-refractivity contribution in [3.05, 3.63) is 48.6 Å². The first-order valence-electron chi connectivity index (χ1n) is 7.81. The lowest BCUT2D eigenvalue weighted by atomic mass is 10.0. The van der Waals surface area contributed by atoms with Crippen LogP contribution >= 0.6 is 11.8 Å². The first kappa shape index (κ1) is 20.2. The Morgan fingerprint density at radius 3 is 2.78 bits per heavy atom. The summed E-state index contributed by atoms with van der Waals surface area (Å²) < 4.78 is 11.4. The minimum absolute atomic E-state index is 0.0300. The van der Waals surface area contributed by atoms with Crippen LogP contribution in [0.2, 0.25) is 0 Å². The molecule has 1 saturated heterocycles. The van der Waals surface area contributed by atoms with Crippen LogP contribution in [0.3, 0.4) is 0 Å². The van der Waals surface area contributed by atoms with Crippen LogP contribution in [0.15, 0.2) is 43.0 Å². The van der Waals surface area contributed by atoms with E-state index in [0.717, 1.165) is 5.56 Å². The molecular formula is C18H29NO3S. The van der Waals surface area contributed by atoms with Crippen LogP contribution in [0, 0.1) is 0 Å². The van der Waals surface area contributed by atoms with E-state index in [9.17, 15) is 5.11 Å². The zero-order valence-corrected chi connectivity index (χ0v) is 15.0. The van der Waals surface area contributed by atoms with Gasteiger partial charge in [0, 0.05) is 13.1 Å². The van der Waals surface area contributed by atoms with Crippen molar-refractivity contribution in [1.29, 1.82) is 0 Å². The van der Waals surface area contributed by atoms with Crippen LogP contribution in [-0.4, -0.2) is 55.6 Å². The zero-order valence-electron chi connectivity index (χ0n) is 14.2. The van der Waals surface area contributed by atoms with Crippen molar-refractivity contribution in [3.8, 4) is 0 Å². The van der Waals surface area contributed by atoms with Crippen molar-refractivity contribution in [2.75, 3.05) is 38.8 Å². The van der Waals surface area contributed by atoms with Crippen LogP contribution in [0.25, 0.3) is 0 Å². The summed E-state index contributed by atoms with van der Waals surface area (Å²) in [4.78, 5) is 0. The molecule has 1 fully saturated rings. The van der Waals surface area contributed by atoms with Crippen molar-refractivity contribution in [2.24, 2.45) is 0 Å². The Balaban J connectivity index is 0.000000816. The van der Waals surface area contributed by atoms with Crippen LogP contribution < -0.4 is 5.32 Å². The van der Waals surface area contributed by atoms with Gasteiger partial charge >= 0.3 is 0 Å². The smallest absolute Gasteiger partial charge is 0.104 e. The molecule has 1 aromatic rings. The first-order valence-corrected chi connectivity index (χ1v) is 9.44. The van der Waals surface area contributed by atoms with Gasteiger partial charge in [-0.15, -0.1) is 6.58 Å². The number of aliphatic hydroxyl groups is 1. The lowest BCUT2D eigenvalue weighted by Crippen LogP contribution is -2.41. The van der Waals surface area contributed by atoms with E-state index in [1.54, 1.807) is 17.8 Å². The topological polar surface area (TPSA) is 50.7 Å². The van der Waals surface area contributed by atoms with Gasteiger partial charge in [0.25, 0.3) is 0 Å². The van der Waals surface area contributed by atoms with E-state index >= 15 is 0 Å². The van der Waals surface area contributed by atoms with Gasteiger partial charge in [-0.25, -0.2) is 0 Å². The number of hydrogen-bond acceptors (Lipinski definition) is 5. The summed E-state index contributed by atoms with van der Waals surface area (Å²) in [5, 5.41) is 13.5. The number of benzene rings is 1. The minimum atomic E-state index is -0.851. The van der Waals surface area contributed by atoms with Crippen molar-refractivity contribution < 1.29 is 14.6 Å². The maximum atomic E-state index is 10.3. The van der Waals surface area contributed by atoms with Gasteiger partial charge in [-0.3, -0.25) is 0 Å². The molecular weight excluding hydrogens is 310 g/mol. The summed E-state index contributed by atoms with van der Waals surface area (Å²) in [5.41, 5.74) is 0.299. The van der Waals surface area contributed by atoms with Gasteiger partial charge in [-0.1, -0.05) is 36.4 Å². The van der Waals surface area contributed by atoms with Gasteiger partial charge < -0.3 is 19.9 Å². The molecule has 1 unspecified atom stereocenters. The zero-order chi connectivity index (χ0) is 17.0. The molecule has 0 aliphatic carbocycles. The molecule has 2 rings (SSSR count). The highest BCUT2D eigenvalue weighted by atomic mass is 32.2. The molecule has 0 amide bonds. The molecule has 1 aliphatic heterocycles. The van der Waals surface area contributed by atoms with Crippen molar-refractivity contribution in [2.45, 2.75) is 24.7 Å². The van der Waals surface area contributed by atoms with Crippen molar-refractivity contribution in [3.63, 3.8) is 0 Å². The van der Waals surface area contributed by atoms with Crippen LogP contribution in [-0.2, 0) is 16.1 Å². The Morgan fingerprint density at radius 2 is 2.13 bits per heavy atom. The maximum Gasteiger partial charge on any atom is 0.104 e. The molecule has 1 aromatic carbocycles. The summed E-state index contributed by atoms with van der Waals surface area (Å²) in [6.45, 7) is 6.29. The predicted octanol–water partition coefficient (Wildman–Crippen LogP) is 2.48. The Hall–Kier alpha value is -0.850. The molecule has 4 nitrogen and oxygen atoms in total. The van der Waals surface area contributed by atoms with E-state index in [4.69, 9.17) is 9.47 Å². The molecule has 2 atom stereocenters. The third kappa shape index (κ3) is 8.53. The summed E-state index contributed by atoms with van der Waals surface area (Å²) in [7, 11) is 0. The van der Waals surface area contributed by atoms with E-state index in [-0.39, 0.29) is 6.10 Å². The lowest BCUT2D eigenvalue weighted by Gasteiger charge is -2.24. The van der Waals surface area contributed by atoms with Gasteiger partial charge in [0.1, 0.15) is 5.60 Å². The van der Waals surface area contributed by atoms with Crippen LogP contribution in [0.1, 0.15) is 12.0 Å². The van der Waals surface area contributed by atoms with E-state index < -0.39 is 5.60 Å². The van der Waals surface area contributed by atoms with Crippen LogP contribution in [0.5, 0.6) is 0 Å². The predicted molar refractivity (Wildman–Crippen MR) is 97.9 cm³/mol. The Labute approximate surface area is 144 Å². The molecule has 2 N–H and O–H groups in total. The van der Waals surface area contributed by atoms with E-state index in [1.807, 2.05) is 42.8 Å². The van der Waals surface area contributed by atoms with E-state index in [0.29, 0.717) is 39.3 Å². The quantitative estimate of drug-likeness (QED) is 0.780. The number of β-amino-alcohol motifs (C(OH)–C–C–N with tert-alkyl or cyclic N) is 1. The van der Waals surface area contributed by atoms with Crippen molar-refractivity contribution in [1.82, 2.24) is 5.32 Å². The Bertz CT molecular complexity index is 430. The first-order chi connectivity index (χ1) is 11.1. The van der Waals surface area contributed by atoms with E-state index in [1.165, 1.54) is 0 Å². The molecule has 5 heteroatoms. The van der Waals surface area contributed by atoms with Gasteiger partial charge in [-0.05, 0) is 24.5 Å². The minimum Gasteiger partial charge on any atom is -0.386 e. The highest BCUT2D eigenvalue weighted by molar-refractivity contribution is 7.97. The molecule has 0 radical (unpaired) electrons. The highest BCUT2D eigenvalue weighted by Gasteiger charge is 2.30. The molecule has 23 heavy (non-hydrogen) atoms. The van der Waals surface area contributed by atoms with Crippen LogP contribution in [0.4, 0.5) is 0 Å². The van der Waals surface area contributed by atoms with E-state index in [2.05, 4.69) is 11.9 Å². The fraction of sp³-hybridized carbons (Fsp3) is 0.556. The molecule has 130 valence electrons. The monoisotopic (exact) mass is 339 g/mol. The van der Waals surface area contributed by atoms with Gasteiger partial charge in [0.05, 0.1) is 25.9 Å². The van der Waals surface area contributed by atoms with Gasteiger partial charge in [-0.2, -0.15) is 11.8 Å². The fourth-order valence-electron chi connectivity index (χ4n) is 2.24. The molecule has 0 spiro atoms. The standard InChI is InChI=1S/C16H23NO3.C2H6S/c1-2-8-16(18)12-17-9-15(20-13-16)11-19-10-14-6-4-3-5-7-14;1-3-2/h2-7,15,17-18H,1,8-13H2;1-2H3/t15-,16?;/m0./s1. The second-order valence-electron chi connectivity index (χ2n) is 5.69. The summed E-state index contributed by atoms with van der Waals surface area (Å²) in [6.07, 6.45) is 6.30. The second kappa shape index (κ2) is 11.6. The largest absolute Gasteiger partial charge is 0.386 e. The van der Waals surface area contributed by atoms with Gasteiger partial charge in [0.2, 0.25) is 0 Å². The number of rotatable bonds is 6. The summed E-state index contributed by atoms with van der Waals surface area (Å²) in [5.74, 6) is 0. The number of nitrogens with one attached hydrogen (secondary N) is 1. The third-order valence-electron chi connectivity index (χ3n) is 3.35. The average molecular weight is 340 g/mol. The molecule has 1 aliphatic rings. The Kier molecular flexibility index (Phi) is 10.2. The number of hydrogen-bond donors (Lipinski definition) is 2. The Morgan fingerprint density at radius 1 is 1.43 bits per heavy atom. The number of thioether (sulfide) groups is 1. The molecule has 1 heterocycles. The summed E-state index contributed by atoms with van der Waals surface area (Å²) >= 11 is 1.75. The SMILES string of the molecule is C=CCC1(O)CNC[C@@H](COCc2ccccc2)OC1.CSC. The molecule has 0 aromatic heterocycles. The summed E-state index contributed by atoms with van der Waals surface area (Å²) in [6, 6.07) is 10.1. The number of ether oxygens (including phenoxy) is 2. The average Bonchev–Trinajstić information content (AvgIpc) is 2.72. The highest BCUT2D eigenvalue weighted by Crippen LogP contribution is 2.15. The van der Waals surface area contributed by atoms with Crippen molar-refractivity contribution >= 4 is 11.8 Å².